The first-order valence-electron chi connectivity index (χ1n) is 5.90. The van der Waals surface area contributed by atoms with Crippen molar-refractivity contribution in [1.29, 1.82) is 0 Å². The van der Waals surface area contributed by atoms with Crippen molar-refractivity contribution in [3.8, 4) is 0 Å². The molecule has 0 aliphatic carbocycles. The second kappa shape index (κ2) is 7.15. The van der Waals surface area contributed by atoms with E-state index < -0.39 is 67.7 Å². The van der Waals surface area contributed by atoms with Crippen molar-refractivity contribution < 1.29 is 91.1 Å². The summed E-state index contributed by atoms with van der Waals surface area (Å²) in [4.78, 5) is 0. The van der Waals surface area contributed by atoms with Crippen LogP contribution in [0.4, 0.5) is 65.9 Å². The molecule has 1 atom stereocenters. The molecule has 0 aromatic rings. The molecule has 0 aliphatic rings. The molecular formula is C7HF15O6S3. The molecule has 0 saturated carbocycles. The predicted octanol–water partition coefficient (Wildman–Crippen LogP) is 2.98. The Balaban J connectivity index is 7.72. The summed E-state index contributed by atoms with van der Waals surface area (Å²) in [6, 6.07) is 0. The maximum absolute atomic E-state index is 13.4. The molecule has 0 N–H and O–H groups in total. The van der Waals surface area contributed by atoms with Crippen molar-refractivity contribution in [3.05, 3.63) is 0 Å². The summed E-state index contributed by atoms with van der Waals surface area (Å²) in [5, 5.41) is -16.3. The van der Waals surface area contributed by atoms with E-state index in [1.165, 1.54) is 0 Å². The number of alkyl halides is 15. The van der Waals surface area contributed by atoms with Gasteiger partial charge in [0, 0.05) is 0 Å². The largest absolute Gasteiger partial charge is 0.499 e. The molecule has 0 saturated heterocycles. The second-order valence-electron chi connectivity index (χ2n) is 4.97. The molecule has 0 spiro atoms. The van der Waals surface area contributed by atoms with Crippen molar-refractivity contribution in [2.45, 2.75) is 38.2 Å². The third kappa shape index (κ3) is 4.13. The van der Waals surface area contributed by atoms with Crippen LogP contribution in [0.5, 0.6) is 0 Å². The zero-order chi connectivity index (χ0) is 26.1. The summed E-state index contributed by atoms with van der Waals surface area (Å²) in [7, 11) is -27.2. The van der Waals surface area contributed by atoms with Crippen LogP contribution < -0.4 is 0 Å². The highest BCUT2D eigenvalue weighted by molar-refractivity contribution is 8.25. The Hall–Kier alpha value is -1.20. The van der Waals surface area contributed by atoms with Crippen molar-refractivity contribution in [2.75, 3.05) is 0 Å². The maximum atomic E-state index is 13.4. The van der Waals surface area contributed by atoms with Gasteiger partial charge in [-0.15, -0.1) is 0 Å². The number of sulfone groups is 3. The van der Waals surface area contributed by atoms with Crippen LogP contribution in [-0.2, 0) is 29.5 Å². The highest BCUT2D eigenvalue weighted by Gasteiger charge is 2.85. The Morgan fingerprint density at radius 3 is 0.935 bits per heavy atom. The Morgan fingerprint density at radius 1 is 0.419 bits per heavy atom. The first kappa shape index (κ1) is 29.8. The van der Waals surface area contributed by atoms with Crippen LogP contribution in [0.3, 0.4) is 0 Å². The smallest absolute Gasteiger partial charge is 0.220 e. The third-order valence-corrected chi connectivity index (χ3v) is 11.5. The molecule has 0 heterocycles. The average molecular weight is 562 g/mol. The van der Waals surface area contributed by atoms with Gasteiger partial charge in [-0.1, -0.05) is 0 Å². The van der Waals surface area contributed by atoms with Crippen LogP contribution >= 0.6 is 0 Å². The van der Waals surface area contributed by atoms with Crippen LogP contribution in [0.2, 0.25) is 0 Å². The molecule has 0 bridgehead atoms. The van der Waals surface area contributed by atoms with Crippen LogP contribution in [-0.4, -0.2) is 63.5 Å². The fourth-order valence-corrected chi connectivity index (χ4v) is 8.96. The number of hydrogen-bond acceptors (Lipinski definition) is 6. The van der Waals surface area contributed by atoms with Crippen LogP contribution in [0, 0.1) is 0 Å². The molecule has 31 heavy (non-hydrogen) atoms. The fourth-order valence-electron chi connectivity index (χ4n) is 1.36. The number of hydrogen-bond donors (Lipinski definition) is 0. The maximum Gasteiger partial charge on any atom is 0.499 e. The zero-order valence-electron chi connectivity index (χ0n) is 12.9. The van der Waals surface area contributed by atoms with E-state index in [2.05, 4.69) is 0 Å². The monoisotopic (exact) mass is 562 g/mol. The van der Waals surface area contributed by atoms with Crippen LogP contribution in [0.15, 0.2) is 0 Å². The highest BCUT2D eigenvalue weighted by atomic mass is 32.3. The van der Waals surface area contributed by atoms with Gasteiger partial charge in [0.1, 0.15) is 0 Å². The minimum Gasteiger partial charge on any atom is -0.220 e. The van der Waals surface area contributed by atoms with E-state index in [9.17, 15) is 91.1 Å². The van der Waals surface area contributed by atoms with Crippen molar-refractivity contribution in [3.63, 3.8) is 0 Å². The van der Waals surface area contributed by atoms with Gasteiger partial charge in [0.05, 0.1) is 0 Å². The Labute approximate surface area is 159 Å². The molecule has 1 unspecified atom stereocenters. The average Bonchev–Trinajstić information content (AvgIpc) is 2.41. The number of rotatable bonds is 6. The van der Waals surface area contributed by atoms with E-state index in [-0.39, 0.29) is 0 Å². The Kier molecular flexibility index (Phi) is 6.87. The third-order valence-electron chi connectivity index (χ3n) is 2.85. The summed E-state index contributed by atoms with van der Waals surface area (Å²) in [5.41, 5.74) is -7.65. The minimum atomic E-state index is -9.26. The van der Waals surface area contributed by atoms with Crippen molar-refractivity contribution >= 4 is 29.5 Å². The van der Waals surface area contributed by atoms with E-state index in [4.69, 9.17) is 0 Å². The molecule has 0 aromatic heterocycles. The lowest BCUT2D eigenvalue weighted by atomic mass is 10.3. The van der Waals surface area contributed by atoms with E-state index in [1.54, 1.807) is 0 Å². The molecule has 24 heteroatoms. The quantitative estimate of drug-likeness (QED) is 0.462. The lowest BCUT2D eigenvalue weighted by molar-refractivity contribution is -0.332. The van der Waals surface area contributed by atoms with Gasteiger partial charge < -0.3 is 0 Å². The van der Waals surface area contributed by atoms with Gasteiger partial charge in [-0.25, -0.2) is 25.3 Å². The van der Waals surface area contributed by atoms with E-state index >= 15 is 0 Å². The predicted molar refractivity (Wildman–Crippen MR) is 63.6 cm³/mol. The first-order valence-corrected chi connectivity index (χ1v) is 10.5. The van der Waals surface area contributed by atoms with Gasteiger partial charge in [-0.3, -0.25) is 0 Å². The van der Waals surface area contributed by atoms with Gasteiger partial charge >= 0.3 is 34.3 Å². The topological polar surface area (TPSA) is 102 Å². The number of halogens is 15. The summed E-state index contributed by atoms with van der Waals surface area (Å²) in [5.74, 6) is -8.18. The summed E-state index contributed by atoms with van der Waals surface area (Å²) >= 11 is 0. The van der Waals surface area contributed by atoms with Gasteiger partial charge in [0.25, 0.3) is 33.4 Å². The molecule has 0 rings (SSSR count). The van der Waals surface area contributed by atoms with Crippen molar-refractivity contribution in [2.24, 2.45) is 0 Å². The summed E-state index contributed by atoms with van der Waals surface area (Å²) in [6.07, 6.45) is -15.6. The molecule has 6 nitrogen and oxygen atoms in total. The molecule has 0 fully saturated rings. The van der Waals surface area contributed by atoms with Crippen LogP contribution in [0.1, 0.15) is 0 Å². The normalized spacial score (nSPS) is 17.5. The molecule has 188 valence electrons. The zero-order valence-corrected chi connectivity index (χ0v) is 15.4. The molecule has 0 amide bonds. The lowest BCUT2D eigenvalue weighted by Crippen LogP contribution is -2.63. The highest BCUT2D eigenvalue weighted by Crippen LogP contribution is 2.54. The Bertz CT molecular complexity index is 1010. The molecule has 0 aliphatic heterocycles. The van der Waals surface area contributed by atoms with E-state index in [0.29, 0.717) is 0 Å². The van der Waals surface area contributed by atoms with Gasteiger partial charge in [-0.05, 0) is 0 Å². The second-order valence-corrected chi connectivity index (χ2v) is 12.0. The Morgan fingerprint density at radius 2 is 0.710 bits per heavy atom. The molecule has 0 radical (unpaired) electrons. The van der Waals surface area contributed by atoms with Crippen LogP contribution in [0.25, 0.3) is 0 Å². The summed E-state index contributed by atoms with van der Waals surface area (Å²) < 4.78 is 248. The molecular weight excluding hydrogens is 561 g/mol. The van der Waals surface area contributed by atoms with E-state index in [0.717, 1.165) is 0 Å². The minimum absolute atomic E-state index is 6.90. The lowest BCUT2D eigenvalue weighted by Gasteiger charge is -2.32. The van der Waals surface area contributed by atoms with Crippen molar-refractivity contribution in [1.82, 2.24) is 0 Å². The van der Waals surface area contributed by atoms with E-state index in [1.807, 2.05) is 0 Å². The molecule has 0 aromatic carbocycles. The van der Waals surface area contributed by atoms with Gasteiger partial charge in [-0.2, -0.15) is 65.9 Å². The first-order chi connectivity index (χ1) is 12.9. The fraction of sp³-hybridized carbons (Fsp3) is 1.00. The standard InChI is InChI=1S/C7HF15O6S3/c8-2(9,3(10,11)12)5(16,17)29(23,24)1(31(27,28)7(20,21)22)30(25,26)6(18,19)4(13,14)15/h1H. The SMILES string of the molecule is O=S(=O)(C(S(=O)(=O)C(F)(F)C(F)(F)F)S(=O)(=O)C(F)(F)C(F)(F)C(F)(F)F)C(F)(F)F. The van der Waals surface area contributed by atoms with Gasteiger partial charge in [0.2, 0.25) is 0 Å². The van der Waals surface area contributed by atoms with Gasteiger partial charge in [0.15, 0.2) is 0 Å². The summed E-state index contributed by atoms with van der Waals surface area (Å²) in [6.45, 7) is 0.